The van der Waals surface area contributed by atoms with Crippen LogP contribution in [0.2, 0.25) is 0 Å². The molecular formula is C15H19N3OS. The second-order valence-electron chi connectivity index (χ2n) is 4.75. The minimum absolute atomic E-state index is 0.652. The molecule has 0 amide bonds. The third-order valence-electron chi connectivity index (χ3n) is 3.22. The van der Waals surface area contributed by atoms with E-state index in [1.54, 1.807) is 6.07 Å². The fourth-order valence-electron chi connectivity index (χ4n) is 2.12. The summed E-state index contributed by atoms with van der Waals surface area (Å²) in [6.07, 6.45) is 3.18. The Morgan fingerprint density at radius 1 is 1.35 bits per heavy atom. The van der Waals surface area contributed by atoms with E-state index in [2.05, 4.69) is 18.0 Å². The number of nitriles is 1. The Balaban J connectivity index is 2.04. The lowest BCUT2D eigenvalue weighted by Gasteiger charge is -2.06. The number of nitrogens with zero attached hydrogens (tertiary/aromatic N) is 2. The van der Waals surface area contributed by atoms with Gasteiger partial charge in [-0.2, -0.15) is 5.26 Å². The number of aryl methyl sites for hydroxylation is 1. The van der Waals surface area contributed by atoms with Crippen LogP contribution in [0.1, 0.15) is 31.7 Å². The SMILES string of the molecule is CCCCOCCCn1c(=S)[nH]c2ccc(C#N)cc21. The molecule has 1 aromatic carbocycles. The van der Waals surface area contributed by atoms with Crippen LogP contribution in [0.3, 0.4) is 0 Å². The van der Waals surface area contributed by atoms with E-state index >= 15 is 0 Å². The normalized spacial score (nSPS) is 10.8. The van der Waals surface area contributed by atoms with Crippen LogP contribution in [-0.2, 0) is 11.3 Å². The summed E-state index contributed by atoms with van der Waals surface area (Å²) >= 11 is 5.34. The van der Waals surface area contributed by atoms with Crippen LogP contribution in [-0.4, -0.2) is 22.8 Å². The van der Waals surface area contributed by atoms with Gasteiger partial charge in [-0.1, -0.05) is 13.3 Å². The molecule has 0 saturated heterocycles. The number of H-pyrrole nitrogens is 1. The Labute approximate surface area is 124 Å². The smallest absolute Gasteiger partial charge is 0.178 e. The number of benzene rings is 1. The second kappa shape index (κ2) is 7.22. The summed E-state index contributed by atoms with van der Waals surface area (Å²) in [5.74, 6) is 0. The molecule has 0 aliphatic carbocycles. The Bertz CT molecular complexity index is 666. The van der Waals surface area contributed by atoms with Crippen molar-refractivity contribution in [2.75, 3.05) is 13.2 Å². The van der Waals surface area contributed by atoms with Gasteiger partial charge < -0.3 is 14.3 Å². The number of ether oxygens (including phenoxy) is 1. The van der Waals surface area contributed by atoms with Gasteiger partial charge in [0.2, 0.25) is 0 Å². The first-order valence-electron chi connectivity index (χ1n) is 6.96. The zero-order chi connectivity index (χ0) is 14.4. The number of hydrogen-bond donors (Lipinski definition) is 1. The molecule has 0 radical (unpaired) electrons. The average molecular weight is 289 g/mol. The van der Waals surface area contributed by atoms with Crippen molar-refractivity contribution < 1.29 is 4.74 Å². The average Bonchev–Trinajstić information content (AvgIpc) is 2.77. The summed E-state index contributed by atoms with van der Waals surface area (Å²) in [4.78, 5) is 3.17. The zero-order valence-electron chi connectivity index (χ0n) is 11.7. The molecule has 0 aliphatic heterocycles. The van der Waals surface area contributed by atoms with Gasteiger partial charge in [0.1, 0.15) is 0 Å². The Morgan fingerprint density at radius 2 is 2.15 bits per heavy atom. The topological polar surface area (TPSA) is 53.7 Å². The lowest BCUT2D eigenvalue weighted by molar-refractivity contribution is 0.126. The summed E-state index contributed by atoms with van der Waals surface area (Å²) in [6.45, 7) is 4.53. The van der Waals surface area contributed by atoms with Crippen LogP contribution in [0.25, 0.3) is 11.0 Å². The minimum atomic E-state index is 0.652. The first-order valence-corrected chi connectivity index (χ1v) is 7.37. The van der Waals surface area contributed by atoms with Crippen molar-refractivity contribution in [3.05, 3.63) is 28.5 Å². The van der Waals surface area contributed by atoms with Gasteiger partial charge in [-0.3, -0.25) is 0 Å². The number of nitrogens with one attached hydrogen (secondary N) is 1. The van der Waals surface area contributed by atoms with E-state index in [1.807, 2.05) is 16.7 Å². The molecule has 2 rings (SSSR count). The quantitative estimate of drug-likeness (QED) is 0.623. The van der Waals surface area contributed by atoms with E-state index in [0.29, 0.717) is 10.3 Å². The summed E-state index contributed by atoms with van der Waals surface area (Å²) in [6, 6.07) is 7.73. The number of imidazole rings is 1. The molecule has 0 spiro atoms. The standard InChI is InChI=1S/C15H19N3OS/c1-2-3-8-19-9-4-7-18-14-10-12(11-16)5-6-13(14)17-15(18)20/h5-6,10H,2-4,7-9H2,1H3,(H,17,20). The monoisotopic (exact) mass is 289 g/mol. The highest BCUT2D eigenvalue weighted by Crippen LogP contribution is 2.16. The van der Waals surface area contributed by atoms with Gasteiger partial charge in [0, 0.05) is 19.8 Å². The molecule has 0 atom stereocenters. The van der Waals surface area contributed by atoms with Crippen molar-refractivity contribution in [3.8, 4) is 6.07 Å². The van der Waals surface area contributed by atoms with Crippen molar-refractivity contribution in [2.45, 2.75) is 32.7 Å². The number of aromatic nitrogens is 2. The molecule has 1 N–H and O–H groups in total. The van der Waals surface area contributed by atoms with Crippen LogP contribution in [0.5, 0.6) is 0 Å². The summed E-state index contributed by atoms with van der Waals surface area (Å²) in [5, 5.41) is 8.98. The van der Waals surface area contributed by atoms with Crippen LogP contribution < -0.4 is 0 Å². The van der Waals surface area contributed by atoms with E-state index in [4.69, 9.17) is 22.2 Å². The molecule has 5 heteroatoms. The largest absolute Gasteiger partial charge is 0.381 e. The fraction of sp³-hybridized carbons (Fsp3) is 0.467. The van der Waals surface area contributed by atoms with E-state index in [-0.39, 0.29) is 0 Å². The third kappa shape index (κ3) is 3.47. The fourth-order valence-corrected chi connectivity index (χ4v) is 2.42. The molecule has 1 heterocycles. The van der Waals surface area contributed by atoms with Crippen molar-refractivity contribution in [2.24, 2.45) is 0 Å². The number of fused-ring (bicyclic) bond motifs is 1. The summed E-state index contributed by atoms with van der Waals surface area (Å²) < 4.78 is 8.29. The van der Waals surface area contributed by atoms with Crippen LogP contribution >= 0.6 is 12.2 Å². The lowest BCUT2D eigenvalue weighted by atomic mass is 10.2. The first-order chi connectivity index (χ1) is 9.76. The third-order valence-corrected chi connectivity index (χ3v) is 3.54. The Kier molecular flexibility index (Phi) is 5.33. The van der Waals surface area contributed by atoms with Crippen LogP contribution in [0.15, 0.2) is 18.2 Å². The van der Waals surface area contributed by atoms with E-state index in [9.17, 15) is 0 Å². The number of hydrogen-bond acceptors (Lipinski definition) is 3. The minimum Gasteiger partial charge on any atom is -0.381 e. The molecule has 0 unspecified atom stereocenters. The predicted molar refractivity (Wildman–Crippen MR) is 82.2 cm³/mol. The predicted octanol–water partition coefficient (Wildman–Crippen LogP) is 3.78. The molecule has 0 saturated carbocycles. The van der Waals surface area contributed by atoms with Gasteiger partial charge in [-0.15, -0.1) is 0 Å². The number of aromatic amines is 1. The van der Waals surface area contributed by atoms with Gasteiger partial charge >= 0.3 is 0 Å². The highest BCUT2D eigenvalue weighted by molar-refractivity contribution is 7.71. The number of unbranched alkanes of at least 4 members (excludes halogenated alkanes) is 1. The van der Waals surface area contributed by atoms with E-state index < -0.39 is 0 Å². The molecule has 0 fully saturated rings. The van der Waals surface area contributed by atoms with Crippen molar-refractivity contribution in [3.63, 3.8) is 0 Å². The van der Waals surface area contributed by atoms with Gasteiger partial charge in [-0.05, 0) is 43.3 Å². The highest BCUT2D eigenvalue weighted by Gasteiger charge is 2.05. The van der Waals surface area contributed by atoms with E-state index in [1.165, 1.54) is 0 Å². The van der Waals surface area contributed by atoms with Crippen molar-refractivity contribution >= 4 is 23.3 Å². The van der Waals surface area contributed by atoms with Crippen LogP contribution in [0.4, 0.5) is 0 Å². The lowest BCUT2D eigenvalue weighted by Crippen LogP contribution is -2.03. The highest BCUT2D eigenvalue weighted by atomic mass is 32.1. The van der Waals surface area contributed by atoms with Crippen LogP contribution in [0, 0.1) is 16.1 Å². The molecule has 106 valence electrons. The summed E-state index contributed by atoms with van der Waals surface area (Å²) in [5.41, 5.74) is 2.61. The number of rotatable bonds is 7. The maximum Gasteiger partial charge on any atom is 0.178 e. The molecule has 1 aromatic heterocycles. The molecule has 0 aliphatic rings. The Hall–Kier alpha value is -1.64. The molecular weight excluding hydrogens is 270 g/mol. The van der Waals surface area contributed by atoms with Gasteiger partial charge in [0.25, 0.3) is 0 Å². The van der Waals surface area contributed by atoms with Crippen molar-refractivity contribution in [1.29, 1.82) is 5.26 Å². The Morgan fingerprint density at radius 3 is 2.90 bits per heavy atom. The maximum absolute atomic E-state index is 8.98. The van der Waals surface area contributed by atoms with E-state index in [0.717, 1.165) is 50.1 Å². The zero-order valence-corrected chi connectivity index (χ0v) is 12.5. The van der Waals surface area contributed by atoms with Gasteiger partial charge in [-0.25, -0.2) is 0 Å². The summed E-state index contributed by atoms with van der Waals surface area (Å²) in [7, 11) is 0. The van der Waals surface area contributed by atoms with Crippen molar-refractivity contribution in [1.82, 2.24) is 9.55 Å². The molecule has 4 nitrogen and oxygen atoms in total. The van der Waals surface area contributed by atoms with Gasteiger partial charge in [0.05, 0.1) is 22.7 Å². The van der Waals surface area contributed by atoms with Gasteiger partial charge in [0.15, 0.2) is 4.77 Å². The maximum atomic E-state index is 8.98. The first kappa shape index (κ1) is 14.8. The molecule has 20 heavy (non-hydrogen) atoms. The molecule has 0 bridgehead atoms. The molecule has 2 aromatic rings. The second-order valence-corrected chi connectivity index (χ2v) is 5.13.